The van der Waals surface area contributed by atoms with Crippen molar-refractivity contribution in [3.8, 4) is 0 Å². The summed E-state index contributed by atoms with van der Waals surface area (Å²) < 4.78 is 0. The maximum atomic E-state index is 10.9. The Kier molecular flexibility index (Phi) is 6.08. The lowest BCUT2D eigenvalue weighted by molar-refractivity contribution is 0.0697. The topological polar surface area (TPSA) is 61.4 Å². The van der Waals surface area contributed by atoms with Crippen molar-refractivity contribution in [3.63, 3.8) is 0 Å². The van der Waals surface area contributed by atoms with E-state index in [1.54, 1.807) is 12.1 Å². The predicted octanol–water partition coefficient (Wildman–Crippen LogP) is 4.18. The fourth-order valence-electron chi connectivity index (χ4n) is 4.41. The van der Waals surface area contributed by atoms with Crippen LogP contribution >= 0.6 is 0 Å². The maximum Gasteiger partial charge on any atom is 0.335 e. The summed E-state index contributed by atoms with van der Waals surface area (Å²) in [6, 6.07) is 19.3. The Bertz CT molecular complexity index is 767. The van der Waals surface area contributed by atoms with Crippen LogP contribution in [0.5, 0.6) is 0 Å². The molecule has 148 valence electrons. The van der Waals surface area contributed by atoms with E-state index in [-0.39, 0.29) is 0 Å². The van der Waals surface area contributed by atoms with E-state index < -0.39 is 5.97 Å². The van der Waals surface area contributed by atoms with E-state index in [9.17, 15) is 4.79 Å². The number of hydrogen-bond donors (Lipinski definition) is 3. The van der Waals surface area contributed by atoms with Crippen LogP contribution in [-0.4, -0.2) is 29.7 Å². The van der Waals surface area contributed by atoms with Crippen molar-refractivity contribution in [2.45, 2.75) is 56.7 Å². The third-order valence-corrected chi connectivity index (χ3v) is 6.33. The quantitative estimate of drug-likeness (QED) is 0.645. The molecule has 2 saturated carbocycles. The van der Waals surface area contributed by atoms with E-state index in [0.717, 1.165) is 24.6 Å². The van der Waals surface area contributed by atoms with Crippen molar-refractivity contribution in [2.24, 2.45) is 5.92 Å². The predicted molar refractivity (Wildman–Crippen MR) is 112 cm³/mol. The zero-order valence-corrected chi connectivity index (χ0v) is 16.3. The molecule has 2 aliphatic carbocycles. The van der Waals surface area contributed by atoms with Crippen LogP contribution in [0.1, 0.15) is 59.5 Å². The number of hydrogen-bond acceptors (Lipinski definition) is 3. The summed E-state index contributed by atoms with van der Waals surface area (Å²) in [5, 5.41) is 16.4. The highest BCUT2D eigenvalue weighted by atomic mass is 16.4. The summed E-state index contributed by atoms with van der Waals surface area (Å²) in [7, 11) is 0. The van der Waals surface area contributed by atoms with Gasteiger partial charge >= 0.3 is 5.97 Å². The zero-order valence-electron chi connectivity index (χ0n) is 16.3. The number of rotatable bonds is 8. The lowest BCUT2D eigenvalue weighted by atomic mass is 9.86. The van der Waals surface area contributed by atoms with Crippen LogP contribution in [0.3, 0.4) is 0 Å². The van der Waals surface area contributed by atoms with Crippen molar-refractivity contribution >= 4 is 5.97 Å². The molecule has 0 bridgehead atoms. The first-order chi connectivity index (χ1) is 13.7. The van der Waals surface area contributed by atoms with Gasteiger partial charge in [-0.25, -0.2) is 4.79 Å². The molecule has 2 fully saturated rings. The van der Waals surface area contributed by atoms with E-state index in [4.69, 9.17) is 5.11 Å². The van der Waals surface area contributed by atoms with Gasteiger partial charge in [0.15, 0.2) is 0 Å². The molecule has 0 spiro atoms. The van der Waals surface area contributed by atoms with Crippen LogP contribution in [0.15, 0.2) is 54.6 Å². The van der Waals surface area contributed by atoms with Gasteiger partial charge in [-0.1, -0.05) is 42.5 Å². The first-order valence-corrected chi connectivity index (χ1v) is 10.5. The van der Waals surface area contributed by atoms with Crippen molar-refractivity contribution in [1.29, 1.82) is 0 Å². The van der Waals surface area contributed by atoms with Gasteiger partial charge < -0.3 is 15.7 Å². The van der Waals surface area contributed by atoms with Gasteiger partial charge in [-0.15, -0.1) is 0 Å². The second kappa shape index (κ2) is 8.89. The minimum atomic E-state index is -0.868. The molecular formula is C24H30N2O2. The molecule has 4 rings (SSSR count). The van der Waals surface area contributed by atoms with Crippen LogP contribution in [0.2, 0.25) is 0 Å². The minimum absolute atomic E-state index is 0.349. The molecule has 0 saturated heterocycles. The highest BCUT2D eigenvalue weighted by Crippen LogP contribution is 2.40. The second-order valence-electron chi connectivity index (χ2n) is 8.37. The first kappa shape index (κ1) is 19.2. The van der Waals surface area contributed by atoms with E-state index in [1.165, 1.54) is 37.7 Å². The Labute approximate surface area is 167 Å². The molecule has 2 aliphatic rings. The summed E-state index contributed by atoms with van der Waals surface area (Å²) >= 11 is 0. The van der Waals surface area contributed by atoms with Crippen molar-refractivity contribution in [3.05, 3.63) is 71.3 Å². The molecule has 0 radical (unpaired) electrons. The molecule has 2 unspecified atom stereocenters. The van der Waals surface area contributed by atoms with Crippen LogP contribution in [-0.2, 0) is 6.54 Å². The van der Waals surface area contributed by atoms with Gasteiger partial charge in [-0.3, -0.25) is 0 Å². The van der Waals surface area contributed by atoms with Crippen molar-refractivity contribution in [1.82, 2.24) is 10.6 Å². The number of carboxylic acids is 1. The molecule has 4 heteroatoms. The van der Waals surface area contributed by atoms with Gasteiger partial charge in [0.05, 0.1) is 5.56 Å². The second-order valence-corrected chi connectivity index (χ2v) is 8.37. The van der Waals surface area contributed by atoms with E-state index in [2.05, 4.69) is 41.0 Å². The summed E-state index contributed by atoms with van der Waals surface area (Å²) in [5.41, 5.74) is 2.97. The van der Waals surface area contributed by atoms with Gasteiger partial charge in [0.1, 0.15) is 0 Å². The Morgan fingerprint density at radius 3 is 2.32 bits per heavy atom. The van der Waals surface area contributed by atoms with Crippen LogP contribution < -0.4 is 10.6 Å². The average molecular weight is 379 g/mol. The zero-order chi connectivity index (χ0) is 19.3. The molecular weight excluding hydrogens is 348 g/mol. The first-order valence-electron chi connectivity index (χ1n) is 10.5. The number of carbonyl (C=O) groups is 1. The van der Waals surface area contributed by atoms with Gasteiger partial charge in [-0.2, -0.15) is 0 Å². The molecule has 0 aliphatic heterocycles. The summed E-state index contributed by atoms with van der Waals surface area (Å²) in [6.07, 6.45) is 6.30. The normalized spacial score (nSPS) is 26.7. The van der Waals surface area contributed by atoms with Crippen LogP contribution in [0.4, 0.5) is 0 Å². The molecule has 3 N–H and O–H groups in total. The number of carboxylic acid groups (broad SMARTS) is 1. The standard InChI is InChI=1S/C24H30N2O2/c27-24(28)20-10-6-17(7-11-20)15-25-21-12-8-18(9-13-21)16-26-23-14-22(23)19-4-2-1-3-5-19/h1-7,10-11,18,21-23,25-26H,8-9,12-16H2,(H,27,28)/t18-,21-,22?,23?. The highest BCUT2D eigenvalue weighted by molar-refractivity contribution is 5.87. The van der Waals surface area contributed by atoms with E-state index >= 15 is 0 Å². The largest absolute Gasteiger partial charge is 0.478 e. The van der Waals surface area contributed by atoms with E-state index in [0.29, 0.717) is 23.6 Å². The van der Waals surface area contributed by atoms with Crippen molar-refractivity contribution < 1.29 is 9.90 Å². The lowest BCUT2D eigenvalue weighted by Gasteiger charge is -2.29. The summed E-state index contributed by atoms with van der Waals surface area (Å²) in [5.74, 6) is 0.643. The molecule has 0 amide bonds. The number of aromatic carboxylic acids is 1. The van der Waals surface area contributed by atoms with Crippen LogP contribution in [0, 0.1) is 5.92 Å². The van der Waals surface area contributed by atoms with E-state index in [1.807, 2.05) is 12.1 Å². The third kappa shape index (κ3) is 5.00. The summed E-state index contributed by atoms with van der Waals surface area (Å²) in [6.45, 7) is 1.96. The number of benzene rings is 2. The monoisotopic (exact) mass is 378 g/mol. The van der Waals surface area contributed by atoms with Gasteiger partial charge in [0, 0.05) is 24.5 Å². The van der Waals surface area contributed by atoms with Gasteiger partial charge in [0.2, 0.25) is 0 Å². The molecule has 28 heavy (non-hydrogen) atoms. The summed E-state index contributed by atoms with van der Waals surface area (Å²) in [4.78, 5) is 10.9. The lowest BCUT2D eigenvalue weighted by Crippen LogP contribution is -2.36. The number of nitrogens with one attached hydrogen (secondary N) is 2. The SMILES string of the molecule is O=C(O)c1ccc(CN[C@H]2CC[C@H](CNC3CC3c3ccccc3)CC2)cc1. The molecule has 0 heterocycles. The molecule has 2 atom stereocenters. The Morgan fingerprint density at radius 2 is 1.64 bits per heavy atom. The fraction of sp³-hybridized carbons (Fsp3) is 0.458. The Morgan fingerprint density at radius 1 is 0.929 bits per heavy atom. The Balaban J connectivity index is 1.13. The third-order valence-electron chi connectivity index (χ3n) is 6.33. The Hall–Kier alpha value is -2.17. The van der Waals surface area contributed by atoms with Gasteiger partial charge in [-0.05, 0) is 67.8 Å². The molecule has 2 aromatic carbocycles. The molecule has 2 aromatic rings. The minimum Gasteiger partial charge on any atom is -0.478 e. The van der Waals surface area contributed by atoms with Crippen LogP contribution in [0.25, 0.3) is 0 Å². The maximum absolute atomic E-state index is 10.9. The van der Waals surface area contributed by atoms with Gasteiger partial charge in [0.25, 0.3) is 0 Å². The molecule has 4 nitrogen and oxygen atoms in total. The highest BCUT2D eigenvalue weighted by Gasteiger charge is 2.38. The molecule has 0 aromatic heterocycles. The van der Waals surface area contributed by atoms with Crippen molar-refractivity contribution in [2.75, 3.05) is 6.54 Å². The smallest absolute Gasteiger partial charge is 0.335 e. The average Bonchev–Trinajstić information content (AvgIpc) is 3.52. The fourth-order valence-corrected chi connectivity index (χ4v) is 4.41.